The zero-order valence-corrected chi connectivity index (χ0v) is 16.5. The van der Waals surface area contributed by atoms with Gasteiger partial charge in [-0.05, 0) is 61.4 Å². The van der Waals surface area contributed by atoms with Crippen molar-refractivity contribution in [2.75, 3.05) is 17.6 Å². The van der Waals surface area contributed by atoms with E-state index >= 15 is 0 Å². The van der Waals surface area contributed by atoms with Gasteiger partial charge in [0.1, 0.15) is 24.5 Å². The summed E-state index contributed by atoms with van der Waals surface area (Å²) in [7, 11) is 0. The molecule has 0 aliphatic rings. The van der Waals surface area contributed by atoms with Gasteiger partial charge in [0, 0.05) is 27.4 Å². The number of rotatable bonds is 7. The van der Waals surface area contributed by atoms with Crippen LogP contribution in [0.4, 0.5) is 11.5 Å². The van der Waals surface area contributed by atoms with E-state index in [0.29, 0.717) is 12.3 Å². The number of ether oxygens (including phenoxy) is 1. The highest BCUT2D eigenvalue weighted by molar-refractivity contribution is 7.11. The van der Waals surface area contributed by atoms with Crippen LogP contribution in [0, 0.1) is 6.92 Å². The van der Waals surface area contributed by atoms with E-state index in [9.17, 15) is 0 Å². The molecule has 4 aromatic rings. The van der Waals surface area contributed by atoms with Gasteiger partial charge >= 0.3 is 0 Å². The number of nitrogens with one attached hydrogen (secondary N) is 1. The highest BCUT2D eigenvalue weighted by Gasteiger charge is 2.04. The van der Waals surface area contributed by atoms with Crippen LogP contribution in [0.3, 0.4) is 0 Å². The van der Waals surface area contributed by atoms with Crippen LogP contribution < -0.4 is 15.8 Å². The van der Waals surface area contributed by atoms with Gasteiger partial charge in [-0.2, -0.15) is 0 Å². The molecule has 28 heavy (non-hydrogen) atoms. The molecule has 0 fully saturated rings. The lowest BCUT2D eigenvalue weighted by molar-refractivity contribution is 0.310. The van der Waals surface area contributed by atoms with E-state index in [-0.39, 0.29) is 0 Å². The van der Waals surface area contributed by atoms with Gasteiger partial charge in [-0.3, -0.25) is 0 Å². The lowest BCUT2D eigenvalue weighted by Crippen LogP contribution is -2.07. The maximum absolute atomic E-state index is 5.89. The Labute approximate surface area is 168 Å². The molecule has 0 amide bonds. The quantitative estimate of drug-likeness (QED) is 0.443. The van der Waals surface area contributed by atoms with E-state index in [1.54, 1.807) is 17.7 Å². The van der Waals surface area contributed by atoms with Crippen molar-refractivity contribution in [3.63, 3.8) is 0 Å². The first kappa shape index (κ1) is 18.3. The van der Waals surface area contributed by atoms with Gasteiger partial charge in [0.15, 0.2) is 0 Å². The molecular formula is C22H22N4OS. The van der Waals surface area contributed by atoms with Crippen molar-refractivity contribution in [1.29, 1.82) is 0 Å². The summed E-state index contributed by atoms with van der Waals surface area (Å²) in [5, 5.41) is 4.33. The average molecular weight is 391 g/mol. The fourth-order valence-electron chi connectivity index (χ4n) is 3.01. The number of nitrogens with zero attached hydrogens (tertiary/aromatic N) is 2. The second-order valence-corrected chi connectivity index (χ2v) is 7.99. The van der Waals surface area contributed by atoms with E-state index in [1.807, 2.05) is 30.3 Å². The van der Waals surface area contributed by atoms with E-state index in [1.165, 1.54) is 15.3 Å². The molecule has 0 aliphatic heterocycles. The highest BCUT2D eigenvalue weighted by atomic mass is 32.1. The molecule has 0 radical (unpaired) electrons. The second kappa shape index (κ2) is 8.27. The standard InChI is InChI=1S/C22H22N4OS/c1-15-2-8-19(28-15)13-27-18-6-3-16(4-7-18)10-11-24-22-20-12-17(23)5-9-21(20)25-14-26-22/h2-9,12,14H,10-11,13,23H2,1H3,(H,24,25,26). The third-order valence-corrected chi connectivity index (χ3v) is 5.44. The molecule has 142 valence electrons. The molecule has 5 nitrogen and oxygen atoms in total. The SMILES string of the molecule is Cc1ccc(COc2ccc(CCNc3ncnc4ccc(N)cc34)cc2)s1. The number of aromatic nitrogens is 2. The largest absolute Gasteiger partial charge is 0.488 e. The lowest BCUT2D eigenvalue weighted by atomic mass is 10.1. The molecule has 0 atom stereocenters. The molecule has 3 N–H and O–H groups in total. The fraction of sp³-hybridized carbons (Fsp3) is 0.182. The van der Waals surface area contributed by atoms with Crippen LogP contribution in [-0.4, -0.2) is 16.5 Å². The minimum Gasteiger partial charge on any atom is -0.488 e. The van der Waals surface area contributed by atoms with Crippen LogP contribution in [0.1, 0.15) is 15.3 Å². The van der Waals surface area contributed by atoms with Crippen molar-refractivity contribution >= 4 is 33.7 Å². The molecule has 2 aromatic heterocycles. The number of aryl methyl sites for hydroxylation is 1. The van der Waals surface area contributed by atoms with E-state index in [0.717, 1.165) is 35.4 Å². The Balaban J connectivity index is 1.32. The second-order valence-electron chi connectivity index (χ2n) is 6.62. The van der Waals surface area contributed by atoms with E-state index in [4.69, 9.17) is 10.5 Å². The Hall–Kier alpha value is -3.12. The topological polar surface area (TPSA) is 73.1 Å². The number of benzene rings is 2. The van der Waals surface area contributed by atoms with Crippen molar-refractivity contribution in [1.82, 2.24) is 9.97 Å². The maximum Gasteiger partial charge on any atom is 0.137 e. The Morgan fingerprint density at radius 2 is 1.89 bits per heavy atom. The van der Waals surface area contributed by atoms with Crippen molar-refractivity contribution in [3.05, 3.63) is 76.2 Å². The Morgan fingerprint density at radius 1 is 1.04 bits per heavy atom. The molecular weight excluding hydrogens is 368 g/mol. The molecule has 0 saturated heterocycles. The number of thiophene rings is 1. The third kappa shape index (κ3) is 4.40. The molecule has 2 heterocycles. The van der Waals surface area contributed by atoms with Gasteiger partial charge in [0.2, 0.25) is 0 Å². The Morgan fingerprint density at radius 3 is 2.68 bits per heavy atom. The van der Waals surface area contributed by atoms with Crippen LogP contribution in [0.15, 0.2) is 60.9 Å². The monoisotopic (exact) mass is 390 g/mol. The summed E-state index contributed by atoms with van der Waals surface area (Å²) in [5.41, 5.74) is 8.73. The van der Waals surface area contributed by atoms with Crippen LogP contribution >= 0.6 is 11.3 Å². The first-order chi connectivity index (χ1) is 13.7. The molecule has 0 bridgehead atoms. The van der Waals surface area contributed by atoms with Gasteiger partial charge in [0.05, 0.1) is 5.52 Å². The summed E-state index contributed by atoms with van der Waals surface area (Å²) in [4.78, 5) is 11.2. The van der Waals surface area contributed by atoms with Crippen molar-refractivity contribution < 1.29 is 4.74 Å². The van der Waals surface area contributed by atoms with Crippen molar-refractivity contribution in [3.8, 4) is 5.75 Å². The number of hydrogen-bond donors (Lipinski definition) is 2. The van der Waals surface area contributed by atoms with Gasteiger partial charge in [-0.1, -0.05) is 12.1 Å². The summed E-state index contributed by atoms with van der Waals surface area (Å²) < 4.78 is 5.86. The molecule has 0 spiro atoms. The van der Waals surface area contributed by atoms with E-state index in [2.05, 4.69) is 46.5 Å². The third-order valence-electron chi connectivity index (χ3n) is 4.47. The smallest absolute Gasteiger partial charge is 0.137 e. The van der Waals surface area contributed by atoms with Crippen LogP contribution in [-0.2, 0) is 13.0 Å². The minimum absolute atomic E-state index is 0.614. The van der Waals surface area contributed by atoms with Gasteiger partial charge in [0.25, 0.3) is 0 Å². The molecule has 0 saturated carbocycles. The number of hydrogen-bond acceptors (Lipinski definition) is 6. The molecule has 0 aliphatic carbocycles. The van der Waals surface area contributed by atoms with E-state index < -0.39 is 0 Å². The van der Waals surface area contributed by atoms with Gasteiger partial charge < -0.3 is 15.8 Å². The molecule has 4 rings (SSSR count). The zero-order chi connectivity index (χ0) is 19.3. The summed E-state index contributed by atoms with van der Waals surface area (Å²) in [6.45, 7) is 3.50. The van der Waals surface area contributed by atoms with Crippen LogP contribution in [0.2, 0.25) is 0 Å². The summed E-state index contributed by atoms with van der Waals surface area (Å²) >= 11 is 1.77. The number of nitrogen functional groups attached to an aromatic ring is 1. The van der Waals surface area contributed by atoms with Gasteiger partial charge in [-0.15, -0.1) is 11.3 Å². The molecule has 0 unspecified atom stereocenters. The number of fused-ring (bicyclic) bond motifs is 1. The molecule has 2 aromatic carbocycles. The maximum atomic E-state index is 5.89. The summed E-state index contributed by atoms with van der Waals surface area (Å²) in [6, 6.07) is 18.2. The highest BCUT2D eigenvalue weighted by Crippen LogP contribution is 2.22. The van der Waals surface area contributed by atoms with Crippen LogP contribution in [0.5, 0.6) is 5.75 Å². The Kier molecular flexibility index (Phi) is 5.39. The zero-order valence-electron chi connectivity index (χ0n) is 15.7. The van der Waals surface area contributed by atoms with Crippen LogP contribution in [0.25, 0.3) is 10.9 Å². The molecule has 6 heteroatoms. The lowest BCUT2D eigenvalue weighted by Gasteiger charge is -2.09. The summed E-state index contributed by atoms with van der Waals surface area (Å²) in [5.74, 6) is 1.70. The van der Waals surface area contributed by atoms with Crippen molar-refractivity contribution in [2.45, 2.75) is 20.0 Å². The number of anilines is 2. The Bertz CT molecular complexity index is 1080. The first-order valence-electron chi connectivity index (χ1n) is 9.18. The summed E-state index contributed by atoms with van der Waals surface area (Å²) in [6.07, 6.45) is 2.46. The predicted octanol–water partition coefficient (Wildman–Crippen LogP) is 4.82. The van der Waals surface area contributed by atoms with Crippen molar-refractivity contribution in [2.24, 2.45) is 0 Å². The number of nitrogens with two attached hydrogens (primary N) is 1. The average Bonchev–Trinajstić information content (AvgIpc) is 3.13. The predicted molar refractivity (Wildman–Crippen MR) is 116 cm³/mol. The fourth-order valence-corrected chi connectivity index (χ4v) is 3.81. The first-order valence-corrected chi connectivity index (χ1v) is 10.0. The minimum atomic E-state index is 0.614. The normalized spacial score (nSPS) is 10.9. The van der Waals surface area contributed by atoms with Gasteiger partial charge in [-0.25, -0.2) is 9.97 Å².